The highest BCUT2D eigenvalue weighted by atomic mass is 79.9. The molecule has 25 heavy (non-hydrogen) atoms. The van der Waals surface area contributed by atoms with E-state index in [9.17, 15) is 13.2 Å². The van der Waals surface area contributed by atoms with Gasteiger partial charge in [0.15, 0.2) is 0 Å². The molecule has 2 rings (SSSR count). The molecule has 0 aromatic heterocycles. The standard InChI is InChI=1S/C17H18Br2N2O3S/c1-21(12-13-5-7-14(18)8-6-13)17(22)9-10-20-25(23,24)16-4-2-3-15(19)11-16/h2-8,11,20H,9-10,12H2,1H3. The van der Waals surface area contributed by atoms with Crippen molar-refractivity contribution in [3.8, 4) is 0 Å². The van der Waals surface area contributed by atoms with Crippen LogP contribution in [0.2, 0.25) is 0 Å². The summed E-state index contributed by atoms with van der Waals surface area (Å²) in [6.45, 7) is 0.531. The first-order chi connectivity index (χ1) is 11.8. The van der Waals surface area contributed by atoms with Gasteiger partial charge in [0.2, 0.25) is 15.9 Å². The molecule has 0 saturated carbocycles. The van der Waals surface area contributed by atoms with Crippen LogP contribution in [-0.2, 0) is 21.4 Å². The fourth-order valence-corrected chi connectivity index (χ4v) is 4.04. The summed E-state index contributed by atoms with van der Waals surface area (Å²) in [5.41, 5.74) is 1.01. The summed E-state index contributed by atoms with van der Waals surface area (Å²) in [6.07, 6.45) is 0.0975. The van der Waals surface area contributed by atoms with Crippen molar-refractivity contribution in [2.75, 3.05) is 13.6 Å². The van der Waals surface area contributed by atoms with E-state index in [1.165, 1.54) is 12.1 Å². The second-order valence-electron chi connectivity index (χ2n) is 5.48. The third-order valence-electron chi connectivity index (χ3n) is 3.50. The zero-order valence-electron chi connectivity index (χ0n) is 13.6. The predicted molar refractivity (Wildman–Crippen MR) is 105 cm³/mol. The van der Waals surface area contributed by atoms with Gasteiger partial charge >= 0.3 is 0 Å². The Hall–Kier alpha value is -1.22. The van der Waals surface area contributed by atoms with E-state index in [4.69, 9.17) is 0 Å². The van der Waals surface area contributed by atoms with E-state index >= 15 is 0 Å². The lowest BCUT2D eigenvalue weighted by atomic mass is 10.2. The molecule has 1 N–H and O–H groups in total. The lowest BCUT2D eigenvalue weighted by molar-refractivity contribution is -0.130. The number of carbonyl (C=O) groups is 1. The van der Waals surface area contributed by atoms with Crippen molar-refractivity contribution in [1.82, 2.24) is 9.62 Å². The van der Waals surface area contributed by atoms with Crippen LogP contribution in [0.3, 0.4) is 0 Å². The molecule has 0 aliphatic carbocycles. The molecule has 0 bridgehead atoms. The van der Waals surface area contributed by atoms with Gasteiger partial charge in [-0.05, 0) is 35.9 Å². The van der Waals surface area contributed by atoms with Crippen molar-refractivity contribution in [1.29, 1.82) is 0 Å². The number of halogens is 2. The first-order valence-corrected chi connectivity index (χ1v) is 10.6. The minimum absolute atomic E-state index is 0.0539. The number of nitrogens with zero attached hydrogens (tertiary/aromatic N) is 1. The second kappa shape index (κ2) is 8.93. The molecule has 1 amide bonds. The number of hydrogen-bond acceptors (Lipinski definition) is 3. The van der Waals surface area contributed by atoms with E-state index in [1.54, 1.807) is 24.1 Å². The smallest absolute Gasteiger partial charge is 0.240 e. The summed E-state index contributed by atoms with van der Waals surface area (Å²) >= 11 is 6.61. The van der Waals surface area contributed by atoms with Crippen LogP contribution < -0.4 is 4.72 Å². The molecule has 0 aliphatic rings. The zero-order chi connectivity index (χ0) is 18.4. The van der Waals surface area contributed by atoms with E-state index in [0.29, 0.717) is 11.0 Å². The maximum atomic E-state index is 12.2. The Bertz CT molecular complexity index is 839. The average molecular weight is 490 g/mol. The van der Waals surface area contributed by atoms with E-state index in [1.807, 2.05) is 24.3 Å². The van der Waals surface area contributed by atoms with Crippen molar-refractivity contribution in [3.05, 3.63) is 63.0 Å². The largest absolute Gasteiger partial charge is 0.341 e. The molecule has 2 aromatic rings. The molecule has 0 heterocycles. The Morgan fingerprint density at radius 3 is 2.40 bits per heavy atom. The number of amides is 1. The molecule has 0 spiro atoms. The third-order valence-corrected chi connectivity index (χ3v) is 5.98. The highest BCUT2D eigenvalue weighted by Gasteiger charge is 2.15. The SMILES string of the molecule is CN(Cc1ccc(Br)cc1)C(=O)CCNS(=O)(=O)c1cccc(Br)c1. The molecule has 0 atom stereocenters. The molecule has 0 saturated heterocycles. The Kier molecular flexibility index (Phi) is 7.18. The Labute approximate surface area is 164 Å². The van der Waals surface area contributed by atoms with E-state index < -0.39 is 10.0 Å². The minimum Gasteiger partial charge on any atom is -0.341 e. The van der Waals surface area contributed by atoms with E-state index in [-0.39, 0.29) is 23.8 Å². The van der Waals surface area contributed by atoms with Gasteiger partial charge in [0.1, 0.15) is 0 Å². The Morgan fingerprint density at radius 2 is 1.76 bits per heavy atom. The Morgan fingerprint density at radius 1 is 1.08 bits per heavy atom. The lowest BCUT2D eigenvalue weighted by Crippen LogP contribution is -2.31. The van der Waals surface area contributed by atoms with Gasteiger partial charge in [-0.1, -0.05) is 50.1 Å². The van der Waals surface area contributed by atoms with Crippen LogP contribution in [0.15, 0.2) is 62.4 Å². The maximum Gasteiger partial charge on any atom is 0.240 e. The van der Waals surface area contributed by atoms with Crippen molar-refractivity contribution >= 4 is 47.8 Å². The number of rotatable bonds is 7. The van der Waals surface area contributed by atoms with Crippen LogP contribution in [0, 0.1) is 0 Å². The molecule has 2 aromatic carbocycles. The summed E-state index contributed by atoms with van der Waals surface area (Å²) < 4.78 is 28.5. The van der Waals surface area contributed by atoms with Gasteiger partial charge in [-0.25, -0.2) is 13.1 Å². The van der Waals surface area contributed by atoms with Gasteiger partial charge in [0, 0.05) is 35.5 Å². The zero-order valence-corrected chi connectivity index (χ0v) is 17.6. The molecule has 5 nitrogen and oxygen atoms in total. The summed E-state index contributed by atoms with van der Waals surface area (Å²) in [5.74, 6) is -0.125. The topological polar surface area (TPSA) is 66.5 Å². The molecule has 0 aliphatic heterocycles. The van der Waals surface area contributed by atoms with Crippen molar-refractivity contribution < 1.29 is 13.2 Å². The van der Waals surface area contributed by atoms with Gasteiger partial charge < -0.3 is 4.90 Å². The normalized spacial score (nSPS) is 11.3. The minimum atomic E-state index is -3.62. The highest BCUT2D eigenvalue weighted by Crippen LogP contribution is 2.16. The molecular formula is C17H18Br2N2O3S. The average Bonchev–Trinajstić information content (AvgIpc) is 2.56. The lowest BCUT2D eigenvalue weighted by Gasteiger charge is -2.17. The summed E-state index contributed by atoms with van der Waals surface area (Å²) in [7, 11) is -1.92. The summed E-state index contributed by atoms with van der Waals surface area (Å²) in [4.78, 5) is 13.9. The van der Waals surface area contributed by atoms with E-state index in [2.05, 4.69) is 36.6 Å². The third kappa shape index (κ3) is 6.22. The van der Waals surface area contributed by atoms with Crippen LogP contribution >= 0.6 is 31.9 Å². The van der Waals surface area contributed by atoms with Crippen molar-refractivity contribution in [2.24, 2.45) is 0 Å². The number of nitrogens with one attached hydrogen (secondary N) is 1. The predicted octanol–water partition coefficient (Wildman–Crippen LogP) is 3.54. The van der Waals surface area contributed by atoms with Gasteiger partial charge in [0.25, 0.3) is 0 Å². The van der Waals surface area contributed by atoms with Crippen LogP contribution in [0.1, 0.15) is 12.0 Å². The summed E-state index contributed by atoms with van der Waals surface area (Å²) in [6, 6.07) is 14.1. The molecular weight excluding hydrogens is 472 g/mol. The van der Waals surface area contributed by atoms with Crippen LogP contribution in [-0.4, -0.2) is 32.8 Å². The highest BCUT2D eigenvalue weighted by molar-refractivity contribution is 9.10. The maximum absolute atomic E-state index is 12.2. The molecule has 8 heteroatoms. The monoisotopic (exact) mass is 488 g/mol. The fraction of sp³-hybridized carbons (Fsp3) is 0.235. The molecule has 0 unspecified atom stereocenters. The fourth-order valence-electron chi connectivity index (χ4n) is 2.15. The molecule has 0 fully saturated rings. The number of benzene rings is 2. The number of carbonyl (C=O) groups excluding carboxylic acids is 1. The Balaban J connectivity index is 1.86. The van der Waals surface area contributed by atoms with Gasteiger partial charge in [-0.2, -0.15) is 0 Å². The second-order valence-corrected chi connectivity index (χ2v) is 9.08. The molecule has 134 valence electrons. The number of sulfonamides is 1. The number of hydrogen-bond donors (Lipinski definition) is 1. The van der Waals surface area contributed by atoms with Gasteiger partial charge in [0.05, 0.1) is 4.90 Å². The van der Waals surface area contributed by atoms with Crippen molar-refractivity contribution in [3.63, 3.8) is 0 Å². The molecule has 0 radical (unpaired) electrons. The quantitative estimate of drug-likeness (QED) is 0.646. The van der Waals surface area contributed by atoms with Gasteiger partial charge in [-0.15, -0.1) is 0 Å². The van der Waals surface area contributed by atoms with Crippen LogP contribution in [0.25, 0.3) is 0 Å². The first-order valence-electron chi connectivity index (χ1n) is 7.51. The van der Waals surface area contributed by atoms with Gasteiger partial charge in [-0.3, -0.25) is 4.79 Å². The van der Waals surface area contributed by atoms with Crippen LogP contribution in [0.5, 0.6) is 0 Å². The van der Waals surface area contributed by atoms with Crippen molar-refractivity contribution in [2.45, 2.75) is 17.9 Å². The van der Waals surface area contributed by atoms with Crippen LogP contribution in [0.4, 0.5) is 0 Å². The first kappa shape index (κ1) is 20.1. The summed E-state index contributed by atoms with van der Waals surface area (Å²) in [5, 5.41) is 0. The van der Waals surface area contributed by atoms with E-state index in [0.717, 1.165) is 10.0 Å².